The highest BCUT2D eigenvalue weighted by atomic mass is 35.5. The molecule has 0 saturated heterocycles. The van der Waals surface area contributed by atoms with E-state index in [4.69, 9.17) is 11.6 Å². The third-order valence-electron chi connectivity index (χ3n) is 3.63. The second-order valence-corrected chi connectivity index (χ2v) is 5.74. The molecule has 0 radical (unpaired) electrons. The Hall–Kier alpha value is -1.80. The van der Waals surface area contributed by atoms with Gasteiger partial charge in [-0.25, -0.2) is 4.98 Å². The van der Waals surface area contributed by atoms with Gasteiger partial charge in [-0.15, -0.1) is 11.6 Å². The van der Waals surface area contributed by atoms with Crippen LogP contribution in [0, 0.1) is 6.92 Å². The van der Waals surface area contributed by atoms with Crippen molar-refractivity contribution in [1.82, 2.24) is 9.55 Å². The molecule has 0 aliphatic heterocycles. The van der Waals surface area contributed by atoms with Gasteiger partial charge in [0.25, 0.3) is 0 Å². The zero-order valence-electron chi connectivity index (χ0n) is 11.7. The molecule has 0 aliphatic rings. The Balaban J connectivity index is 2.14. The number of aryl methyl sites for hydroxylation is 1. The molecule has 3 heteroatoms. The first-order valence-electron chi connectivity index (χ1n) is 6.80. The molecule has 0 fully saturated rings. The Morgan fingerprint density at radius 2 is 1.80 bits per heavy atom. The number of fused-ring (bicyclic) bond motifs is 1. The molecule has 0 bridgehead atoms. The van der Waals surface area contributed by atoms with Crippen molar-refractivity contribution >= 4 is 22.6 Å². The van der Waals surface area contributed by atoms with Crippen molar-refractivity contribution in [3.8, 4) is 0 Å². The van der Waals surface area contributed by atoms with Crippen molar-refractivity contribution < 1.29 is 0 Å². The molecule has 20 heavy (non-hydrogen) atoms. The summed E-state index contributed by atoms with van der Waals surface area (Å²) in [5.74, 6) is 0.927. The van der Waals surface area contributed by atoms with Crippen LogP contribution in [0.4, 0.5) is 0 Å². The molecule has 3 aromatic rings. The number of rotatable bonds is 3. The fraction of sp³-hybridized carbons (Fsp3) is 0.235. The van der Waals surface area contributed by atoms with E-state index in [9.17, 15) is 0 Å². The first-order chi connectivity index (χ1) is 9.66. The molecular weight excluding hydrogens is 268 g/mol. The Morgan fingerprint density at radius 3 is 2.55 bits per heavy atom. The fourth-order valence-electron chi connectivity index (χ4n) is 2.52. The number of hydrogen-bond donors (Lipinski definition) is 0. The first kappa shape index (κ1) is 13.2. The van der Waals surface area contributed by atoms with E-state index in [1.165, 1.54) is 11.1 Å². The Labute approximate surface area is 124 Å². The quantitative estimate of drug-likeness (QED) is 0.638. The fourth-order valence-corrected chi connectivity index (χ4v) is 2.69. The number of aromatic nitrogens is 2. The highest BCUT2D eigenvalue weighted by Gasteiger charge is 2.15. The van der Waals surface area contributed by atoms with Gasteiger partial charge in [-0.1, -0.05) is 36.4 Å². The number of nitrogens with zero attached hydrogens (tertiary/aromatic N) is 2. The van der Waals surface area contributed by atoms with Crippen molar-refractivity contribution in [2.24, 2.45) is 0 Å². The Morgan fingerprint density at radius 1 is 1.10 bits per heavy atom. The monoisotopic (exact) mass is 284 g/mol. The van der Waals surface area contributed by atoms with Crippen LogP contribution >= 0.6 is 11.6 Å². The molecule has 0 amide bonds. The number of imidazole rings is 1. The molecule has 0 saturated carbocycles. The van der Waals surface area contributed by atoms with Crippen LogP contribution < -0.4 is 0 Å². The van der Waals surface area contributed by atoms with Crippen molar-refractivity contribution in [2.75, 3.05) is 0 Å². The zero-order chi connectivity index (χ0) is 14.1. The minimum absolute atomic E-state index is 0.105. The molecule has 2 aromatic carbocycles. The first-order valence-corrected chi connectivity index (χ1v) is 7.24. The van der Waals surface area contributed by atoms with Gasteiger partial charge in [0.05, 0.1) is 16.4 Å². The molecule has 1 aromatic heterocycles. The van der Waals surface area contributed by atoms with Gasteiger partial charge in [0.2, 0.25) is 0 Å². The molecule has 0 N–H and O–H groups in total. The highest BCUT2D eigenvalue weighted by Crippen LogP contribution is 2.26. The maximum absolute atomic E-state index is 6.30. The van der Waals surface area contributed by atoms with Crippen molar-refractivity contribution in [3.63, 3.8) is 0 Å². The maximum atomic E-state index is 6.30. The van der Waals surface area contributed by atoms with Crippen LogP contribution in [0.1, 0.15) is 29.3 Å². The van der Waals surface area contributed by atoms with Gasteiger partial charge < -0.3 is 4.57 Å². The molecule has 2 nitrogen and oxygen atoms in total. The SMILES string of the molecule is Cc1ccccc1Cn1c(C(C)Cl)nc2ccccc21. The number of halogens is 1. The minimum atomic E-state index is -0.105. The lowest BCUT2D eigenvalue weighted by Gasteiger charge is -2.12. The lowest BCUT2D eigenvalue weighted by molar-refractivity contribution is 0.739. The van der Waals surface area contributed by atoms with Crippen LogP contribution in [0.3, 0.4) is 0 Å². The summed E-state index contributed by atoms with van der Waals surface area (Å²) in [6.45, 7) is 4.91. The van der Waals surface area contributed by atoms with Gasteiger partial charge in [-0.05, 0) is 37.1 Å². The summed E-state index contributed by atoms with van der Waals surface area (Å²) in [6.07, 6.45) is 0. The van der Waals surface area contributed by atoms with Crippen LogP contribution in [-0.2, 0) is 6.54 Å². The second kappa shape index (κ2) is 5.29. The summed E-state index contributed by atoms with van der Waals surface area (Å²) in [6, 6.07) is 16.6. The van der Waals surface area contributed by atoms with E-state index in [1.807, 2.05) is 25.1 Å². The van der Waals surface area contributed by atoms with Crippen molar-refractivity contribution in [1.29, 1.82) is 0 Å². The highest BCUT2D eigenvalue weighted by molar-refractivity contribution is 6.20. The van der Waals surface area contributed by atoms with E-state index in [0.717, 1.165) is 23.4 Å². The van der Waals surface area contributed by atoms with Gasteiger partial charge in [-0.3, -0.25) is 0 Å². The molecule has 102 valence electrons. The van der Waals surface area contributed by atoms with Crippen molar-refractivity contribution in [3.05, 3.63) is 65.5 Å². The van der Waals surface area contributed by atoms with Crippen LogP contribution in [0.5, 0.6) is 0 Å². The molecule has 1 heterocycles. The molecule has 1 atom stereocenters. The topological polar surface area (TPSA) is 17.8 Å². The number of hydrogen-bond acceptors (Lipinski definition) is 1. The summed E-state index contributed by atoms with van der Waals surface area (Å²) in [5, 5.41) is -0.105. The van der Waals surface area contributed by atoms with Gasteiger partial charge in [0, 0.05) is 6.54 Å². The molecule has 0 spiro atoms. The van der Waals surface area contributed by atoms with E-state index in [1.54, 1.807) is 0 Å². The number of para-hydroxylation sites is 2. The van der Waals surface area contributed by atoms with Gasteiger partial charge in [0.1, 0.15) is 5.82 Å². The lowest BCUT2D eigenvalue weighted by atomic mass is 10.1. The predicted molar refractivity (Wildman–Crippen MR) is 84.3 cm³/mol. The zero-order valence-corrected chi connectivity index (χ0v) is 12.4. The summed E-state index contributed by atoms with van der Waals surface area (Å²) in [5.41, 5.74) is 4.73. The summed E-state index contributed by atoms with van der Waals surface area (Å²) < 4.78 is 2.22. The van der Waals surface area contributed by atoms with E-state index in [-0.39, 0.29) is 5.38 Å². The largest absolute Gasteiger partial charge is 0.322 e. The summed E-state index contributed by atoms with van der Waals surface area (Å²) in [7, 11) is 0. The van der Waals surface area contributed by atoms with Gasteiger partial charge in [0.15, 0.2) is 0 Å². The summed E-state index contributed by atoms with van der Waals surface area (Å²) in [4.78, 5) is 4.67. The lowest BCUT2D eigenvalue weighted by Crippen LogP contribution is -2.06. The number of benzene rings is 2. The van der Waals surface area contributed by atoms with Gasteiger partial charge in [-0.2, -0.15) is 0 Å². The molecule has 3 rings (SSSR count). The van der Waals surface area contributed by atoms with Gasteiger partial charge >= 0.3 is 0 Å². The average Bonchev–Trinajstić information content (AvgIpc) is 2.81. The Kier molecular flexibility index (Phi) is 3.49. The van der Waals surface area contributed by atoms with E-state index < -0.39 is 0 Å². The molecular formula is C17H17ClN2. The van der Waals surface area contributed by atoms with E-state index in [0.29, 0.717) is 0 Å². The third kappa shape index (κ3) is 2.32. The van der Waals surface area contributed by atoms with Crippen LogP contribution in [0.25, 0.3) is 11.0 Å². The van der Waals surface area contributed by atoms with Crippen LogP contribution in [0.15, 0.2) is 48.5 Å². The average molecular weight is 285 g/mol. The summed E-state index contributed by atoms with van der Waals surface area (Å²) >= 11 is 6.30. The Bertz CT molecular complexity index is 744. The van der Waals surface area contributed by atoms with Crippen molar-refractivity contribution in [2.45, 2.75) is 25.8 Å². The molecule has 1 unspecified atom stereocenters. The predicted octanol–water partition coefficient (Wildman–Crippen LogP) is 4.69. The second-order valence-electron chi connectivity index (χ2n) is 5.09. The normalized spacial score (nSPS) is 12.8. The van der Waals surface area contributed by atoms with E-state index >= 15 is 0 Å². The smallest absolute Gasteiger partial charge is 0.128 e. The maximum Gasteiger partial charge on any atom is 0.128 e. The molecule has 0 aliphatic carbocycles. The minimum Gasteiger partial charge on any atom is -0.322 e. The van der Waals surface area contributed by atoms with E-state index in [2.05, 4.69) is 46.8 Å². The number of alkyl halides is 1. The van der Waals surface area contributed by atoms with Crippen LogP contribution in [0.2, 0.25) is 0 Å². The third-order valence-corrected chi connectivity index (χ3v) is 3.82. The standard InChI is InChI=1S/C17H17ClN2/c1-12-7-3-4-8-14(12)11-20-16-10-6-5-9-15(16)19-17(20)13(2)18/h3-10,13H,11H2,1-2H3. The van der Waals surface area contributed by atoms with Crippen LogP contribution in [-0.4, -0.2) is 9.55 Å².